The predicted octanol–water partition coefficient (Wildman–Crippen LogP) is 1.28. The van der Waals surface area contributed by atoms with Crippen molar-refractivity contribution in [3.8, 4) is 0 Å². The van der Waals surface area contributed by atoms with Crippen molar-refractivity contribution in [3.63, 3.8) is 0 Å². The summed E-state index contributed by atoms with van der Waals surface area (Å²) in [7, 11) is 1.66. The summed E-state index contributed by atoms with van der Waals surface area (Å²) < 4.78 is 10.0. The lowest BCUT2D eigenvalue weighted by molar-refractivity contribution is 0.0238. The first-order valence-electron chi connectivity index (χ1n) is 2.97. The molecule has 0 radical (unpaired) electrons. The Morgan fingerprint density at radius 3 is 2.67 bits per heavy atom. The summed E-state index contributed by atoms with van der Waals surface area (Å²) in [4.78, 5) is 0. The molecular weight excluding hydrogens is 140 g/mol. The monoisotopic (exact) mass is 152 g/mol. The second-order valence-corrected chi connectivity index (χ2v) is 2.19. The van der Waals surface area contributed by atoms with E-state index in [1.165, 1.54) is 0 Å². The van der Waals surface area contributed by atoms with Crippen LogP contribution in [0.3, 0.4) is 0 Å². The average molecular weight is 153 g/mol. The topological polar surface area (TPSA) is 18.5 Å². The van der Waals surface area contributed by atoms with Crippen LogP contribution in [0, 0.1) is 0 Å². The smallest absolute Gasteiger partial charge is 0.0776 e. The Balaban J connectivity index is 2.88. The van der Waals surface area contributed by atoms with Crippen molar-refractivity contribution in [1.29, 1.82) is 0 Å². The zero-order chi connectivity index (χ0) is 7.11. The number of rotatable bonds is 5. The Labute approximate surface area is 61.1 Å². The van der Waals surface area contributed by atoms with Crippen LogP contribution >= 0.6 is 11.6 Å². The average Bonchev–Trinajstić information content (AvgIpc) is 1.89. The summed E-state index contributed by atoms with van der Waals surface area (Å²) >= 11 is 5.36. The molecule has 1 unspecified atom stereocenters. The van der Waals surface area contributed by atoms with Gasteiger partial charge in [-0.1, -0.05) is 0 Å². The maximum Gasteiger partial charge on any atom is 0.0776 e. The molecular formula is C6H13ClO2. The molecule has 56 valence electrons. The maximum atomic E-state index is 5.36. The minimum atomic E-state index is 0.174. The van der Waals surface area contributed by atoms with E-state index in [1.807, 2.05) is 6.92 Å². The van der Waals surface area contributed by atoms with Gasteiger partial charge in [0.1, 0.15) is 0 Å². The zero-order valence-corrected chi connectivity index (χ0v) is 6.65. The molecule has 0 aliphatic heterocycles. The van der Waals surface area contributed by atoms with Gasteiger partial charge in [0.25, 0.3) is 0 Å². The molecule has 0 heterocycles. The Hall–Kier alpha value is 0.210. The quantitative estimate of drug-likeness (QED) is 0.437. The molecule has 0 N–H and O–H groups in total. The SMILES string of the molecule is COC(C)COCCCl. The molecule has 0 saturated carbocycles. The van der Waals surface area contributed by atoms with Gasteiger partial charge in [-0.15, -0.1) is 11.6 Å². The number of methoxy groups -OCH3 is 1. The molecule has 0 aliphatic rings. The van der Waals surface area contributed by atoms with Crippen molar-refractivity contribution >= 4 is 11.6 Å². The normalized spacial score (nSPS) is 13.7. The summed E-state index contributed by atoms with van der Waals surface area (Å²) in [6.45, 7) is 3.19. The van der Waals surface area contributed by atoms with Crippen molar-refractivity contribution in [1.82, 2.24) is 0 Å². The van der Waals surface area contributed by atoms with E-state index in [9.17, 15) is 0 Å². The number of halogens is 1. The van der Waals surface area contributed by atoms with Gasteiger partial charge in [0.2, 0.25) is 0 Å². The predicted molar refractivity (Wildman–Crippen MR) is 38.0 cm³/mol. The lowest BCUT2D eigenvalue weighted by Crippen LogP contribution is -2.14. The lowest BCUT2D eigenvalue weighted by Gasteiger charge is -2.07. The van der Waals surface area contributed by atoms with Gasteiger partial charge in [0.15, 0.2) is 0 Å². The van der Waals surface area contributed by atoms with Crippen LogP contribution in [-0.4, -0.2) is 32.3 Å². The van der Waals surface area contributed by atoms with Crippen molar-refractivity contribution in [3.05, 3.63) is 0 Å². The van der Waals surface area contributed by atoms with E-state index in [0.717, 1.165) is 0 Å². The van der Waals surface area contributed by atoms with Crippen LogP contribution in [0.25, 0.3) is 0 Å². The second-order valence-electron chi connectivity index (χ2n) is 1.81. The first-order chi connectivity index (χ1) is 4.31. The number of hydrogen-bond donors (Lipinski definition) is 0. The zero-order valence-electron chi connectivity index (χ0n) is 5.89. The third kappa shape index (κ3) is 6.09. The molecule has 0 bridgehead atoms. The molecule has 0 rings (SSSR count). The fraction of sp³-hybridized carbons (Fsp3) is 1.00. The Morgan fingerprint density at radius 1 is 1.56 bits per heavy atom. The first-order valence-corrected chi connectivity index (χ1v) is 3.51. The molecule has 0 aromatic rings. The fourth-order valence-corrected chi connectivity index (χ4v) is 0.481. The molecule has 9 heavy (non-hydrogen) atoms. The molecule has 0 spiro atoms. The number of hydrogen-bond acceptors (Lipinski definition) is 2. The molecule has 0 saturated heterocycles. The van der Waals surface area contributed by atoms with Crippen LogP contribution < -0.4 is 0 Å². The molecule has 0 amide bonds. The van der Waals surface area contributed by atoms with Crippen molar-refractivity contribution in [2.24, 2.45) is 0 Å². The van der Waals surface area contributed by atoms with Gasteiger partial charge in [-0.05, 0) is 6.92 Å². The molecule has 3 heteroatoms. The lowest BCUT2D eigenvalue weighted by atomic mass is 10.4. The molecule has 0 aromatic heterocycles. The van der Waals surface area contributed by atoms with E-state index in [-0.39, 0.29) is 6.10 Å². The van der Waals surface area contributed by atoms with Gasteiger partial charge >= 0.3 is 0 Å². The van der Waals surface area contributed by atoms with Gasteiger partial charge in [0.05, 0.1) is 19.3 Å². The maximum absolute atomic E-state index is 5.36. The summed E-state index contributed by atoms with van der Waals surface area (Å²) in [5, 5.41) is 0. The summed E-state index contributed by atoms with van der Waals surface area (Å²) in [6.07, 6.45) is 0.174. The van der Waals surface area contributed by atoms with Gasteiger partial charge in [-0.2, -0.15) is 0 Å². The number of ether oxygens (including phenoxy) is 2. The highest BCUT2D eigenvalue weighted by molar-refractivity contribution is 6.17. The van der Waals surface area contributed by atoms with Crippen LogP contribution in [0.15, 0.2) is 0 Å². The second kappa shape index (κ2) is 6.33. The van der Waals surface area contributed by atoms with Crippen molar-refractivity contribution in [2.45, 2.75) is 13.0 Å². The highest BCUT2D eigenvalue weighted by Crippen LogP contribution is 1.88. The van der Waals surface area contributed by atoms with Crippen LogP contribution in [-0.2, 0) is 9.47 Å². The Morgan fingerprint density at radius 2 is 2.22 bits per heavy atom. The van der Waals surface area contributed by atoms with E-state index >= 15 is 0 Å². The van der Waals surface area contributed by atoms with Crippen LogP contribution in [0.1, 0.15) is 6.92 Å². The summed E-state index contributed by atoms with van der Waals surface area (Å²) in [6, 6.07) is 0. The molecule has 0 fully saturated rings. The van der Waals surface area contributed by atoms with Gasteiger partial charge in [-0.3, -0.25) is 0 Å². The summed E-state index contributed by atoms with van der Waals surface area (Å²) in [5.74, 6) is 0.552. The highest BCUT2D eigenvalue weighted by atomic mass is 35.5. The molecule has 0 aromatic carbocycles. The van der Waals surface area contributed by atoms with E-state index in [2.05, 4.69) is 0 Å². The first kappa shape index (κ1) is 9.21. The summed E-state index contributed by atoms with van der Waals surface area (Å²) in [5.41, 5.74) is 0. The molecule has 0 aliphatic carbocycles. The minimum Gasteiger partial charge on any atom is -0.379 e. The van der Waals surface area contributed by atoms with E-state index in [1.54, 1.807) is 7.11 Å². The highest BCUT2D eigenvalue weighted by Gasteiger charge is 1.96. The van der Waals surface area contributed by atoms with Crippen LogP contribution in [0.4, 0.5) is 0 Å². The van der Waals surface area contributed by atoms with Gasteiger partial charge in [-0.25, -0.2) is 0 Å². The molecule has 1 atom stereocenters. The third-order valence-corrected chi connectivity index (χ3v) is 1.13. The Kier molecular flexibility index (Phi) is 6.48. The van der Waals surface area contributed by atoms with E-state index < -0.39 is 0 Å². The van der Waals surface area contributed by atoms with Crippen molar-refractivity contribution in [2.75, 3.05) is 26.2 Å². The largest absolute Gasteiger partial charge is 0.379 e. The fourth-order valence-electron chi connectivity index (χ4n) is 0.372. The van der Waals surface area contributed by atoms with Crippen LogP contribution in [0.5, 0.6) is 0 Å². The van der Waals surface area contributed by atoms with E-state index in [4.69, 9.17) is 21.1 Å². The third-order valence-electron chi connectivity index (χ3n) is 0.976. The Bertz CT molecular complexity index is 59.0. The van der Waals surface area contributed by atoms with Crippen molar-refractivity contribution < 1.29 is 9.47 Å². The van der Waals surface area contributed by atoms with Gasteiger partial charge in [0, 0.05) is 13.0 Å². The number of alkyl halides is 1. The van der Waals surface area contributed by atoms with Crippen LogP contribution in [0.2, 0.25) is 0 Å². The standard InChI is InChI=1S/C6H13ClO2/c1-6(8-2)5-9-4-3-7/h6H,3-5H2,1-2H3. The van der Waals surface area contributed by atoms with Gasteiger partial charge < -0.3 is 9.47 Å². The van der Waals surface area contributed by atoms with E-state index in [0.29, 0.717) is 19.1 Å². The molecule has 2 nitrogen and oxygen atoms in total. The minimum absolute atomic E-state index is 0.174.